The average Bonchev–Trinajstić information content (AvgIpc) is 2.95. The molecule has 1 N–H and O–H groups in total. The molecule has 200 valence electrons. The maximum absolute atomic E-state index is 12.9. The van der Waals surface area contributed by atoms with Gasteiger partial charge in [-0.15, -0.1) is 0 Å². The predicted octanol–water partition coefficient (Wildman–Crippen LogP) is 4.25. The van der Waals surface area contributed by atoms with E-state index in [9.17, 15) is 14.3 Å². The molecule has 0 saturated heterocycles. The van der Waals surface area contributed by atoms with Gasteiger partial charge in [0.1, 0.15) is 0 Å². The second kappa shape index (κ2) is 11.4. The Morgan fingerprint density at radius 2 is 1.89 bits per heavy atom. The highest BCUT2D eigenvalue weighted by Crippen LogP contribution is 2.46. The van der Waals surface area contributed by atoms with Gasteiger partial charge in [0.05, 0.1) is 18.6 Å². The van der Waals surface area contributed by atoms with Gasteiger partial charge >= 0.3 is 5.97 Å². The van der Waals surface area contributed by atoms with E-state index in [4.69, 9.17) is 18.4 Å². The number of benzene rings is 3. The smallest absolute Gasteiger partial charge is 0.344 e. The first-order chi connectivity index (χ1) is 18.5. The number of hydrogen-bond acceptors (Lipinski definition) is 9. The number of fused-ring (bicyclic) bond motifs is 4. The lowest BCUT2D eigenvalue weighted by Crippen LogP contribution is -2.39. The first-order valence-corrected chi connectivity index (χ1v) is 13.4. The number of carbonyl (C=O) groups is 1. The van der Waals surface area contributed by atoms with E-state index in [-0.39, 0.29) is 30.8 Å². The number of rotatable bonds is 9. The second-order valence-corrected chi connectivity index (χ2v) is 10.1. The average molecular weight is 540 g/mol. The lowest BCUT2D eigenvalue weighted by molar-refractivity contribution is -0.145. The molecule has 2 heterocycles. The van der Waals surface area contributed by atoms with E-state index in [0.717, 1.165) is 35.2 Å². The van der Waals surface area contributed by atoms with Crippen LogP contribution in [0.2, 0.25) is 0 Å². The van der Waals surface area contributed by atoms with E-state index in [1.54, 1.807) is 44.4 Å². The van der Waals surface area contributed by atoms with Crippen LogP contribution in [0.3, 0.4) is 0 Å². The molecule has 3 aromatic rings. The Morgan fingerprint density at radius 1 is 1.08 bits per heavy atom. The largest absolute Gasteiger partial charge is 0.493 e. The molecule has 10 heteroatoms. The van der Waals surface area contributed by atoms with E-state index < -0.39 is 17.0 Å². The molecule has 0 fully saturated rings. The molecular weight excluding hydrogens is 510 g/mol. The topological polar surface area (TPSA) is 104 Å². The molecule has 0 amide bonds. The molecule has 0 spiro atoms. The highest BCUT2D eigenvalue weighted by atomic mass is 32.2. The number of esters is 1. The van der Waals surface area contributed by atoms with E-state index in [0.29, 0.717) is 29.4 Å². The van der Waals surface area contributed by atoms with Crippen LogP contribution in [0.5, 0.6) is 23.0 Å². The van der Waals surface area contributed by atoms with Gasteiger partial charge < -0.3 is 23.3 Å². The summed E-state index contributed by atoms with van der Waals surface area (Å²) >= 11 is -1.78. The summed E-state index contributed by atoms with van der Waals surface area (Å²) in [6, 6.07) is 16.3. The molecule has 0 radical (unpaired) electrons. The maximum Gasteiger partial charge on any atom is 0.344 e. The van der Waals surface area contributed by atoms with Crippen LogP contribution in [0.1, 0.15) is 35.2 Å². The van der Waals surface area contributed by atoms with Gasteiger partial charge in [0.2, 0.25) is 16.8 Å². The highest BCUT2D eigenvalue weighted by molar-refractivity contribution is 7.80. The summed E-state index contributed by atoms with van der Waals surface area (Å²) in [5.74, 6) is 0.996. The minimum absolute atomic E-state index is 0.0514. The molecule has 0 aromatic heterocycles. The van der Waals surface area contributed by atoms with Crippen LogP contribution in [-0.2, 0) is 40.0 Å². The number of nitrogens with zero attached hydrogens (tertiary/aromatic N) is 1. The number of hydrogen-bond donors (Lipinski definition) is 1. The third-order valence-corrected chi connectivity index (χ3v) is 7.81. The number of methoxy groups -OCH3 is 1. The zero-order valence-corrected chi connectivity index (χ0v) is 22.0. The van der Waals surface area contributed by atoms with Crippen molar-refractivity contribution in [2.24, 2.45) is 0 Å². The minimum Gasteiger partial charge on any atom is -0.493 e. The van der Waals surface area contributed by atoms with Crippen molar-refractivity contribution in [1.82, 2.24) is 4.90 Å². The van der Waals surface area contributed by atoms with Crippen molar-refractivity contribution >= 4 is 17.0 Å². The van der Waals surface area contributed by atoms with Gasteiger partial charge in [0, 0.05) is 24.7 Å². The van der Waals surface area contributed by atoms with Crippen LogP contribution >= 0.6 is 0 Å². The monoisotopic (exact) mass is 539 g/mol. The molecule has 9 nitrogen and oxygen atoms in total. The van der Waals surface area contributed by atoms with Crippen LogP contribution < -0.4 is 18.5 Å². The highest BCUT2D eigenvalue weighted by Gasteiger charge is 2.36. The van der Waals surface area contributed by atoms with Gasteiger partial charge in [0.25, 0.3) is 0 Å². The molecule has 5 rings (SSSR count). The SMILES string of the molecule is CCOC(=O)COc1cc2c(cc1OC)CCN1Cc3c(ccc(OO)c3OS(=O)c3ccccc3)CC21. The van der Waals surface area contributed by atoms with Gasteiger partial charge in [-0.1, -0.05) is 24.3 Å². The predicted molar refractivity (Wildman–Crippen MR) is 139 cm³/mol. The van der Waals surface area contributed by atoms with Crippen LogP contribution in [0, 0.1) is 0 Å². The number of carbonyl (C=O) groups excluding carboxylic acids is 1. The van der Waals surface area contributed by atoms with Crippen molar-refractivity contribution in [1.29, 1.82) is 0 Å². The summed E-state index contributed by atoms with van der Waals surface area (Å²) in [5, 5.41) is 9.52. The first kappa shape index (κ1) is 26.0. The Bertz CT molecular complexity index is 1350. The van der Waals surface area contributed by atoms with Gasteiger partial charge in [-0.25, -0.2) is 14.3 Å². The van der Waals surface area contributed by atoms with Gasteiger partial charge in [-0.05, 0) is 66.8 Å². The molecule has 0 saturated carbocycles. The normalized spacial score (nSPS) is 16.9. The van der Waals surface area contributed by atoms with Crippen LogP contribution in [0.15, 0.2) is 59.5 Å². The lowest BCUT2D eigenvalue weighted by atomic mass is 9.83. The van der Waals surface area contributed by atoms with E-state index in [1.165, 1.54) is 0 Å². The zero-order chi connectivity index (χ0) is 26.6. The maximum atomic E-state index is 12.9. The summed E-state index contributed by atoms with van der Waals surface area (Å²) in [5.41, 5.74) is 4.09. The van der Waals surface area contributed by atoms with Gasteiger partial charge in [-0.3, -0.25) is 4.90 Å². The van der Waals surface area contributed by atoms with Crippen molar-refractivity contribution in [3.05, 3.63) is 76.9 Å². The van der Waals surface area contributed by atoms with E-state index in [2.05, 4.69) is 9.79 Å². The molecule has 2 aliphatic rings. The summed E-state index contributed by atoms with van der Waals surface area (Å²) < 4.78 is 35.1. The first-order valence-electron chi connectivity index (χ1n) is 12.4. The summed E-state index contributed by atoms with van der Waals surface area (Å²) in [7, 11) is 1.58. The fourth-order valence-corrected chi connectivity index (χ4v) is 5.85. The van der Waals surface area contributed by atoms with E-state index in [1.807, 2.05) is 24.3 Å². The molecule has 38 heavy (non-hydrogen) atoms. The Hall–Kier alpha value is -3.60. The fraction of sp³-hybridized carbons (Fsp3) is 0.321. The number of ether oxygens (including phenoxy) is 3. The standard InChI is InChI=1S/C28H29NO8S/c1-3-34-27(30)17-35-26-15-21-19(14-25(26)33-2)11-12-29-16-22-18(13-23(21)29)9-10-24(36-31)28(22)37-38(32)20-7-5-4-6-8-20/h4-10,14-15,23,31H,3,11-13,16-17H2,1-2H3. The van der Waals surface area contributed by atoms with Crippen LogP contribution in [-0.4, -0.2) is 47.2 Å². The van der Waals surface area contributed by atoms with Crippen molar-refractivity contribution in [2.75, 3.05) is 26.9 Å². The zero-order valence-electron chi connectivity index (χ0n) is 21.2. The van der Waals surface area contributed by atoms with Gasteiger partial charge in [-0.2, -0.15) is 0 Å². The lowest BCUT2D eigenvalue weighted by Gasteiger charge is -2.42. The van der Waals surface area contributed by atoms with Gasteiger partial charge in [0.15, 0.2) is 23.9 Å². The Labute approximate surface area is 223 Å². The fourth-order valence-electron chi connectivity index (χ4n) is 5.04. The third-order valence-electron chi connectivity index (χ3n) is 6.83. The Morgan fingerprint density at radius 3 is 2.63 bits per heavy atom. The Balaban J connectivity index is 1.45. The molecule has 0 bridgehead atoms. The van der Waals surface area contributed by atoms with E-state index >= 15 is 0 Å². The Kier molecular flexibility index (Phi) is 7.82. The molecule has 2 atom stereocenters. The molecule has 0 aliphatic carbocycles. The summed E-state index contributed by atoms with van der Waals surface area (Å²) in [4.78, 5) is 19.3. The minimum atomic E-state index is -1.78. The second-order valence-electron chi connectivity index (χ2n) is 8.99. The summed E-state index contributed by atoms with van der Waals surface area (Å²) in [6.07, 6.45) is 1.45. The third kappa shape index (κ3) is 5.20. The van der Waals surface area contributed by atoms with Crippen LogP contribution in [0.25, 0.3) is 0 Å². The van der Waals surface area contributed by atoms with Crippen molar-refractivity contribution < 1.29 is 37.5 Å². The van der Waals surface area contributed by atoms with Crippen molar-refractivity contribution in [3.8, 4) is 23.0 Å². The molecular formula is C28H29NO8S. The van der Waals surface area contributed by atoms with Crippen molar-refractivity contribution in [2.45, 2.75) is 37.2 Å². The van der Waals surface area contributed by atoms with Crippen LogP contribution in [0.4, 0.5) is 0 Å². The molecule has 2 aliphatic heterocycles. The summed E-state index contributed by atoms with van der Waals surface area (Å²) in [6.45, 7) is 3.13. The molecule has 2 unspecified atom stereocenters. The quantitative estimate of drug-likeness (QED) is 0.243. The molecule has 3 aromatic carbocycles. The van der Waals surface area contributed by atoms with Crippen molar-refractivity contribution in [3.63, 3.8) is 0 Å².